The Hall–Kier alpha value is -3.49. The van der Waals surface area contributed by atoms with Crippen LogP contribution in [-0.2, 0) is 23.9 Å². The summed E-state index contributed by atoms with van der Waals surface area (Å²) < 4.78 is 4.66. The number of nitrogens with one attached hydrogen (secondary N) is 2. The average molecular weight is 359 g/mol. The molecule has 0 saturated heterocycles. The number of anilines is 1. The summed E-state index contributed by atoms with van der Waals surface area (Å²) in [6.07, 6.45) is 2.28. The molecule has 4 amide bonds. The second kappa shape index (κ2) is 8.56. The number of esters is 1. The Kier molecular flexibility index (Phi) is 6.20. The highest BCUT2D eigenvalue weighted by Gasteiger charge is 2.25. The lowest BCUT2D eigenvalue weighted by Crippen LogP contribution is -2.39. The molecule has 1 aromatic rings. The molecular formula is C17H17N3O6. The molecule has 1 aliphatic rings. The molecule has 136 valence electrons. The van der Waals surface area contributed by atoms with Gasteiger partial charge in [-0.2, -0.15) is 0 Å². The summed E-state index contributed by atoms with van der Waals surface area (Å²) in [7, 11) is 0. The minimum atomic E-state index is -0.576. The molecule has 0 aliphatic carbocycles. The molecule has 1 aromatic carbocycles. The molecule has 2 rings (SSSR count). The van der Waals surface area contributed by atoms with Crippen molar-refractivity contribution >= 4 is 35.3 Å². The predicted octanol–water partition coefficient (Wildman–Crippen LogP) is -0.475. The molecular weight excluding hydrogens is 342 g/mol. The Morgan fingerprint density at radius 1 is 1.04 bits per heavy atom. The molecule has 0 atom stereocenters. The fourth-order valence-corrected chi connectivity index (χ4v) is 2.15. The van der Waals surface area contributed by atoms with Gasteiger partial charge in [-0.3, -0.25) is 24.0 Å². The molecule has 0 radical (unpaired) electrons. The van der Waals surface area contributed by atoms with Gasteiger partial charge in [0.05, 0.1) is 18.8 Å². The SMILES string of the molecule is CCOC(=O)CNC(=O)CNC(=O)c1cccc(N2C(=O)C=CC2=O)c1. The molecule has 0 bridgehead atoms. The summed E-state index contributed by atoms with van der Waals surface area (Å²) in [6.45, 7) is 1.22. The Balaban J connectivity index is 1.91. The van der Waals surface area contributed by atoms with Gasteiger partial charge in [0.1, 0.15) is 6.54 Å². The Morgan fingerprint density at radius 3 is 2.38 bits per heavy atom. The maximum Gasteiger partial charge on any atom is 0.325 e. The van der Waals surface area contributed by atoms with Gasteiger partial charge < -0.3 is 15.4 Å². The first-order chi connectivity index (χ1) is 12.4. The van der Waals surface area contributed by atoms with E-state index in [9.17, 15) is 24.0 Å². The number of hydrogen-bond donors (Lipinski definition) is 2. The first kappa shape index (κ1) is 18.8. The normalized spacial score (nSPS) is 12.9. The highest BCUT2D eigenvalue weighted by Crippen LogP contribution is 2.20. The number of hydrogen-bond acceptors (Lipinski definition) is 6. The van der Waals surface area contributed by atoms with E-state index in [1.165, 1.54) is 24.3 Å². The number of imide groups is 1. The number of carbonyl (C=O) groups is 5. The minimum Gasteiger partial charge on any atom is -0.465 e. The topological polar surface area (TPSA) is 122 Å². The van der Waals surface area contributed by atoms with E-state index >= 15 is 0 Å². The van der Waals surface area contributed by atoms with E-state index in [-0.39, 0.29) is 30.9 Å². The maximum atomic E-state index is 12.1. The molecule has 0 saturated carbocycles. The standard InChI is InChI=1S/C17H17N3O6/c1-2-26-16(24)10-18-13(21)9-19-17(25)11-4-3-5-12(8-11)20-14(22)6-7-15(20)23/h3-8H,2,9-10H2,1H3,(H,18,21)(H,19,25). The van der Waals surface area contributed by atoms with Gasteiger partial charge in [0, 0.05) is 17.7 Å². The second-order valence-electron chi connectivity index (χ2n) is 5.16. The van der Waals surface area contributed by atoms with Crippen LogP contribution < -0.4 is 15.5 Å². The van der Waals surface area contributed by atoms with Crippen LogP contribution in [0.4, 0.5) is 5.69 Å². The van der Waals surface area contributed by atoms with E-state index in [0.717, 1.165) is 17.1 Å². The van der Waals surface area contributed by atoms with Gasteiger partial charge in [-0.25, -0.2) is 4.90 Å². The van der Waals surface area contributed by atoms with Crippen LogP contribution in [0.25, 0.3) is 0 Å². The van der Waals surface area contributed by atoms with Gasteiger partial charge in [-0.1, -0.05) is 6.07 Å². The van der Waals surface area contributed by atoms with E-state index in [1.807, 2.05) is 0 Å². The van der Waals surface area contributed by atoms with Crippen molar-refractivity contribution in [2.45, 2.75) is 6.92 Å². The lowest BCUT2D eigenvalue weighted by atomic mass is 10.1. The van der Waals surface area contributed by atoms with Crippen LogP contribution in [0.1, 0.15) is 17.3 Å². The smallest absolute Gasteiger partial charge is 0.325 e. The van der Waals surface area contributed by atoms with Crippen LogP contribution in [0.3, 0.4) is 0 Å². The quantitative estimate of drug-likeness (QED) is 0.501. The van der Waals surface area contributed by atoms with Crippen molar-refractivity contribution in [3.8, 4) is 0 Å². The van der Waals surface area contributed by atoms with Gasteiger partial charge in [0.2, 0.25) is 5.91 Å². The summed E-state index contributed by atoms with van der Waals surface area (Å²) >= 11 is 0. The number of benzene rings is 1. The molecule has 0 aromatic heterocycles. The third-order valence-electron chi connectivity index (χ3n) is 3.32. The summed E-state index contributed by atoms with van der Waals surface area (Å²) in [5.74, 6) is -2.69. The number of rotatable bonds is 7. The van der Waals surface area contributed by atoms with Crippen LogP contribution >= 0.6 is 0 Å². The minimum absolute atomic E-state index is 0.174. The summed E-state index contributed by atoms with van der Waals surface area (Å²) in [5, 5.41) is 4.70. The number of ether oxygens (including phenoxy) is 1. The van der Waals surface area contributed by atoms with E-state index in [0.29, 0.717) is 0 Å². The largest absolute Gasteiger partial charge is 0.465 e. The van der Waals surface area contributed by atoms with Gasteiger partial charge in [-0.05, 0) is 25.1 Å². The summed E-state index contributed by atoms with van der Waals surface area (Å²) in [4.78, 5) is 59.2. The zero-order valence-electron chi connectivity index (χ0n) is 14.0. The number of amides is 4. The van der Waals surface area contributed by atoms with Gasteiger partial charge >= 0.3 is 5.97 Å². The average Bonchev–Trinajstić information content (AvgIpc) is 2.96. The van der Waals surface area contributed by atoms with Crippen molar-refractivity contribution in [2.24, 2.45) is 0 Å². The summed E-state index contributed by atoms with van der Waals surface area (Å²) in [5.41, 5.74) is 0.428. The van der Waals surface area contributed by atoms with Crippen molar-refractivity contribution in [1.82, 2.24) is 10.6 Å². The van der Waals surface area contributed by atoms with Gasteiger partial charge in [-0.15, -0.1) is 0 Å². The Morgan fingerprint density at radius 2 is 1.73 bits per heavy atom. The van der Waals surface area contributed by atoms with Crippen molar-refractivity contribution in [1.29, 1.82) is 0 Å². The van der Waals surface area contributed by atoms with Crippen LogP contribution in [0.2, 0.25) is 0 Å². The van der Waals surface area contributed by atoms with E-state index in [1.54, 1.807) is 6.92 Å². The van der Waals surface area contributed by atoms with Crippen LogP contribution in [0.15, 0.2) is 36.4 Å². The van der Waals surface area contributed by atoms with Gasteiger partial charge in [0.25, 0.3) is 17.7 Å². The predicted molar refractivity (Wildman–Crippen MR) is 90.1 cm³/mol. The second-order valence-corrected chi connectivity index (χ2v) is 5.16. The molecule has 2 N–H and O–H groups in total. The molecule has 0 fully saturated rings. The fraction of sp³-hybridized carbons (Fsp3) is 0.235. The van der Waals surface area contributed by atoms with E-state index in [4.69, 9.17) is 0 Å². The zero-order valence-corrected chi connectivity index (χ0v) is 14.0. The van der Waals surface area contributed by atoms with Crippen molar-refractivity contribution in [3.05, 3.63) is 42.0 Å². The molecule has 1 heterocycles. The van der Waals surface area contributed by atoms with Crippen molar-refractivity contribution in [3.63, 3.8) is 0 Å². The number of carbonyl (C=O) groups excluding carboxylic acids is 5. The first-order valence-electron chi connectivity index (χ1n) is 7.79. The third-order valence-corrected chi connectivity index (χ3v) is 3.32. The highest BCUT2D eigenvalue weighted by molar-refractivity contribution is 6.28. The Labute approximate surface area is 149 Å². The van der Waals surface area contributed by atoms with Gasteiger partial charge in [0.15, 0.2) is 0 Å². The highest BCUT2D eigenvalue weighted by atomic mass is 16.5. The lowest BCUT2D eigenvalue weighted by Gasteiger charge is -2.14. The molecule has 26 heavy (non-hydrogen) atoms. The third kappa shape index (κ3) is 4.76. The summed E-state index contributed by atoms with van der Waals surface area (Å²) in [6, 6.07) is 5.89. The van der Waals surface area contributed by atoms with Crippen molar-refractivity contribution in [2.75, 3.05) is 24.6 Å². The van der Waals surface area contributed by atoms with E-state index in [2.05, 4.69) is 15.4 Å². The Bertz CT molecular complexity index is 768. The van der Waals surface area contributed by atoms with E-state index < -0.39 is 29.6 Å². The van der Waals surface area contributed by atoms with Crippen molar-refractivity contribution < 1.29 is 28.7 Å². The zero-order chi connectivity index (χ0) is 19.1. The lowest BCUT2D eigenvalue weighted by molar-refractivity contribution is -0.143. The molecule has 9 nitrogen and oxygen atoms in total. The monoisotopic (exact) mass is 359 g/mol. The molecule has 9 heteroatoms. The van der Waals surface area contributed by atoms with Crippen LogP contribution in [0.5, 0.6) is 0 Å². The number of nitrogens with zero attached hydrogens (tertiary/aromatic N) is 1. The molecule has 0 spiro atoms. The first-order valence-corrected chi connectivity index (χ1v) is 7.79. The molecule has 0 unspecified atom stereocenters. The van der Waals surface area contributed by atoms with Crippen LogP contribution in [0, 0.1) is 0 Å². The fourth-order valence-electron chi connectivity index (χ4n) is 2.15. The maximum absolute atomic E-state index is 12.1. The molecule has 1 aliphatic heterocycles. The van der Waals surface area contributed by atoms with Crippen LogP contribution in [-0.4, -0.2) is 49.3 Å².